The molecule has 20 heavy (non-hydrogen) atoms. The molecule has 0 fully saturated rings. The minimum Gasteiger partial charge on any atom is -0.495 e. The standard InChI is InChI=1S/C19H18O/c1-3-4-5-6-7-8-13-18-17-12-10-9-11-16(17)14-15-19(18)20-2/h1,9-12,14-15H,4-7H2,2H3. The topological polar surface area (TPSA) is 9.23 Å². The normalized spacial score (nSPS) is 9.60. The molecule has 1 nitrogen and oxygen atoms in total. The molecule has 0 aliphatic carbocycles. The first-order valence-electron chi connectivity index (χ1n) is 6.85. The quantitative estimate of drug-likeness (QED) is 0.586. The lowest BCUT2D eigenvalue weighted by Crippen LogP contribution is -1.89. The van der Waals surface area contributed by atoms with Gasteiger partial charge in [0.15, 0.2) is 0 Å². The summed E-state index contributed by atoms with van der Waals surface area (Å²) in [5.74, 6) is 9.97. The average molecular weight is 262 g/mol. The van der Waals surface area contributed by atoms with Crippen molar-refractivity contribution in [1.29, 1.82) is 0 Å². The second kappa shape index (κ2) is 7.27. The Hall–Kier alpha value is -2.38. The summed E-state index contributed by atoms with van der Waals surface area (Å²) in [6.45, 7) is 0. The number of rotatable bonds is 4. The third-order valence-electron chi connectivity index (χ3n) is 3.20. The van der Waals surface area contributed by atoms with Crippen LogP contribution >= 0.6 is 0 Å². The highest BCUT2D eigenvalue weighted by molar-refractivity contribution is 5.90. The number of ether oxygens (including phenoxy) is 1. The van der Waals surface area contributed by atoms with Gasteiger partial charge in [0.2, 0.25) is 0 Å². The maximum Gasteiger partial charge on any atom is 0.135 e. The number of unbranched alkanes of at least 4 members (excludes halogenated alkanes) is 3. The predicted octanol–water partition coefficient (Wildman–Crippen LogP) is 4.39. The van der Waals surface area contributed by atoms with Gasteiger partial charge in [0.25, 0.3) is 0 Å². The summed E-state index contributed by atoms with van der Waals surface area (Å²) in [6.07, 6.45) is 9.02. The first-order chi connectivity index (χ1) is 9.86. The van der Waals surface area contributed by atoms with Gasteiger partial charge in [-0.2, -0.15) is 0 Å². The van der Waals surface area contributed by atoms with Crippen LogP contribution in [0.15, 0.2) is 36.4 Å². The lowest BCUT2D eigenvalue weighted by molar-refractivity contribution is 0.414. The van der Waals surface area contributed by atoms with Crippen molar-refractivity contribution in [2.45, 2.75) is 25.7 Å². The second-order valence-corrected chi connectivity index (χ2v) is 4.58. The fraction of sp³-hybridized carbons (Fsp3) is 0.263. The molecule has 0 N–H and O–H groups in total. The molecule has 100 valence electrons. The van der Waals surface area contributed by atoms with Gasteiger partial charge in [-0.25, -0.2) is 0 Å². The van der Waals surface area contributed by atoms with Crippen molar-refractivity contribution in [2.24, 2.45) is 0 Å². The minimum absolute atomic E-state index is 0.833. The molecule has 0 aromatic heterocycles. The summed E-state index contributed by atoms with van der Waals surface area (Å²) in [4.78, 5) is 0. The summed E-state index contributed by atoms with van der Waals surface area (Å²) in [5.41, 5.74) is 0.975. The molecule has 0 aliphatic rings. The second-order valence-electron chi connectivity index (χ2n) is 4.58. The number of methoxy groups -OCH3 is 1. The van der Waals surface area contributed by atoms with Crippen molar-refractivity contribution in [2.75, 3.05) is 7.11 Å². The lowest BCUT2D eigenvalue weighted by Gasteiger charge is -2.06. The van der Waals surface area contributed by atoms with Crippen LogP contribution in [0.2, 0.25) is 0 Å². The number of fused-ring (bicyclic) bond motifs is 1. The van der Waals surface area contributed by atoms with E-state index in [2.05, 4.69) is 36.0 Å². The van der Waals surface area contributed by atoms with Gasteiger partial charge in [-0.15, -0.1) is 12.3 Å². The maximum atomic E-state index is 5.42. The van der Waals surface area contributed by atoms with Crippen LogP contribution in [0.5, 0.6) is 5.75 Å². The molecule has 0 unspecified atom stereocenters. The maximum absolute atomic E-state index is 5.42. The van der Waals surface area contributed by atoms with E-state index in [0.717, 1.165) is 42.4 Å². The van der Waals surface area contributed by atoms with E-state index in [1.165, 1.54) is 5.39 Å². The molecule has 0 bridgehead atoms. The highest BCUT2D eigenvalue weighted by atomic mass is 16.5. The van der Waals surface area contributed by atoms with Crippen molar-refractivity contribution in [3.8, 4) is 29.9 Å². The average Bonchev–Trinajstić information content (AvgIpc) is 2.50. The minimum atomic E-state index is 0.833. The fourth-order valence-corrected chi connectivity index (χ4v) is 2.14. The number of terminal acetylenes is 1. The zero-order valence-corrected chi connectivity index (χ0v) is 11.8. The van der Waals surface area contributed by atoms with Gasteiger partial charge in [-0.05, 0) is 24.3 Å². The van der Waals surface area contributed by atoms with E-state index in [1.54, 1.807) is 7.11 Å². The van der Waals surface area contributed by atoms with Gasteiger partial charge >= 0.3 is 0 Å². The molecule has 0 atom stereocenters. The van der Waals surface area contributed by atoms with Gasteiger partial charge in [-0.1, -0.05) is 42.2 Å². The highest BCUT2D eigenvalue weighted by Crippen LogP contribution is 2.26. The largest absolute Gasteiger partial charge is 0.495 e. The Kier molecular flexibility index (Phi) is 5.10. The van der Waals surface area contributed by atoms with Crippen LogP contribution in [0.4, 0.5) is 0 Å². The van der Waals surface area contributed by atoms with Crippen molar-refractivity contribution in [1.82, 2.24) is 0 Å². The van der Waals surface area contributed by atoms with E-state index in [9.17, 15) is 0 Å². The van der Waals surface area contributed by atoms with Gasteiger partial charge in [-0.3, -0.25) is 0 Å². The number of benzene rings is 2. The highest BCUT2D eigenvalue weighted by Gasteiger charge is 2.04. The molecule has 0 spiro atoms. The van der Waals surface area contributed by atoms with Crippen molar-refractivity contribution in [3.63, 3.8) is 0 Å². The molecule has 0 amide bonds. The molecule has 2 aromatic carbocycles. The van der Waals surface area contributed by atoms with E-state index in [4.69, 9.17) is 11.2 Å². The summed E-state index contributed by atoms with van der Waals surface area (Å²) >= 11 is 0. The number of hydrogen-bond donors (Lipinski definition) is 0. The third kappa shape index (κ3) is 3.34. The first-order valence-corrected chi connectivity index (χ1v) is 6.85. The smallest absolute Gasteiger partial charge is 0.135 e. The first kappa shape index (κ1) is 14.0. The monoisotopic (exact) mass is 262 g/mol. The lowest BCUT2D eigenvalue weighted by atomic mass is 10.0. The van der Waals surface area contributed by atoms with Crippen LogP contribution in [-0.2, 0) is 0 Å². The van der Waals surface area contributed by atoms with Crippen LogP contribution in [0, 0.1) is 24.2 Å². The molecule has 0 aliphatic heterocycles. The predicted molar refractivity (Wildman–Crippen MR) is 84.7 cm³/mol. The molecule has 1 heteroatoms. The molecule has 0 saturated carbocycles. The van der Waals surface area contributed by atoms with Crippen molar-refractivity contribution < 1.29 is 4.74 Å². The van der Waals surface area contributed by atoms with Gasteiger partial charge in [0.1, 0.15) is 5.75 Å². The Bertz CT molecular complexity index is 680. The van der Waals surface area contributed by atoms with E-state index < -0.39 is 0 Å². The van der Waals surface area contributed by atoms with E-state index in [-0.39, 0.29) is 0 Å². The van der Waals surface area contributed by atoms with Crippen LogP contribution in [0.1, 0.15) is 31.2 Å². The summed E-state index contributed by atoms with van der Waals surface area (Å²) in [5, 5.41) is 2.33. The molecule has 2 rings (SSSR count). The van der Waals surface area contributed by atoms with Gasteiger partial charge in [0, 0.05) is 18.2 Å². The molecule has 0 radical (unpaired) electrons. The van der Waals surface area contributed by atoms with E-state index in [0.29, 0.717) is 0 Å². The Morgan fingerprint density at radius 2 is 1.85 bits per heavy atom. The Morgan fingerprint density at radius 3 is 2.65 bits per heavy atom. The summed E-state index contributed by atoms with van der Waals surface area (Å²) < 4.78 is 5.42. The van der Waals surface area contributed by atoms with Crippen LogP contribution in [0.25, 0.3) is 10.8 Å². The molecular weight excluding hydrogens is 244 g/mol. The fourth-order valence-electron chi connectivity index (χ4n) is 2.14. The zero-order valence-electron chi connectivity index (χ0n) is 11.8. The molecule has 0 saturated heterocycles. The SMILES string of the molecule is C#CCCCCC#Cc1c(OC)ccc2ccccc12. The zero-order chi connectivity index (χ0) is 14.2. The summed E-state index contributed by atoms with van der Waals surface area (Å²) in [7, 11) is 1.68. The Morgan fingerprint density at radius 1 is 1.05 bits per heavy atom. The van der Waals surface area contributed by atoms with Gasteiger partial charge in [0.05, 0.1) is 12.7 Å². The molecular formula is C19H18O. The Labute approximate surface area is 121 Å². The molecule has 0 heterocycles. The van der Waals surface area contributed by atoms with E-state index in [1.807, 2.05) is 18.2 Å². The Balaban J connectivity index is 2.24. The third-order valence-corrected chi connectivity index (χ3v) is 3.20. The molecule has 2 aromatic rings. The van der Waals surface area contributed by atoms with E-state index >= 15 is 0 Å². The summed E-state index contributed by atoms with van der Waals surface area (Å²) in [6, 6.07) is 12.3. The van der Waals surface area contributed by atoms with Crippen LogP contribution < -0.4 is 4.74 Å². The van der Waals surface area contributed by atoms with Crippen LogP contribution in [0.3, 0.4) is 0 Å². The van der Waals surface area contributed by atoms with Crippen molar-refractivity contribution >= 4 is 10.8 Å². The van der Waals surface area contributed by atoms with Gasteiger partial charge < -0.3 is 4.74 Å². The van der Waals surface area contributed by atoms with Crippen molar-refractivity contribution in [3.05, 3.63) is 42.0 Å². The number of hydrogen-bond acceptors (Lipinski definition) is 1. The van der Waals surface area contributed by atoms with Crippen LogP contribution in [-0.4, -0.2) is 7.11 Å².